The number of anilines is 2. The number of aliphatic imine (C=N–C) groups is 1. The first kappa shape index (κ1) is 24.3. The molecule has 0 aliphatic carbocycles. The molecule has 4 aromatic rings. The van der Waals surface area contributed by atoms with Crippen LogP contribution in [0.1, 0.15) is 34.5 Å². The highest BCUT2D eigenvalue weighted by molar-refractivity contribution is 6.42. The molecular formula is C26H19Cl2FN4O2. The van der Waals surface area contributed by atoms with Gasteiger partial charge in [-0.1, -0.05) is 42.8 Å². The Kier molecular flexibility index (Phi) is 6.82. The van der Waals surface area contributed by atoms with Crippen LogP contribution in [0, 0.1) is 5.82 Å². The maximum atomic E-state index is 14.7. The molecule has 5 rings (SSSR count). The van der Waals surface area contributed by atoms with E-state index in [1.807, 2.05) is 0 Å². The van der Waals surface area contributed by atoms with Crippen LogP contribution in [0.3, 0.4) is 0 Å². The van der Waals surface area contributed by atoms with E-state index in [0.717, 1.165) is 5.56 Å². The lowest BCUT2D eigenvalue weighted by atomic mass is 9.95. The Labute approximate surface area is 211 Å². The number of fused-ring (bicyclic) bond motifs is 3. The summed E-state index contributed by atoms with van der Waals surface area (Å²) < 4.78 is 14.7. The third-order valence-electron chi connectivity index (χ3n) is 5.36. The highest BCUT2D eigenvalue weighted by Gasteiger charge is 2.24. The molecule has 176 valence electrons. The minimum atomic E-state index is -1.01. The van der Waals surface area contributed by atoms with Crippen molar-refractivity contribution in [1.29, 1.82) is 0 Å². The first-order valence-electron chi connectivity index (χ1n) is 10.2. The molecule has 1 aliphatic heterocycles. The highest BCUT2D eigenvalue weighted by atomic mass is 35.5. The van der Waals surface area contributed by atoms with Gasteiger partial charge in [0, 0.05) is 34.1 Å². The third-order valence-corrected chi connectivity index (χ3v) is 6.08. The number of rotatable bonds is 4. The van der Waals surface area contributed by atoms with Crippen LogP contribution in [0.5, 0.6) is 0 Å². The van der Waals surface area contributed by atoms with Crippen LogP contribution >= 0.6 is 23.2 Å². The summed E-state index contributed by atoms with van der Waals surface area (Å²) in [6.07, 6.45) is 1.65. The summed E-state index contributed by atoms with van der Waals surface area (Å²) in [6.45, 7) is 0.233. The molecule has 0 amide bonds. The van der Waals surface area contributed by atoms with Crippen LogP contribution in [-0.4, -0.2) is 26.8 Å². The Morgan fingerprint density at radius 1 is 0.971 bits per heavy atom. The number of hydrogen-bond donors (Lipinski definition) is 2. The molecule has 0 unspecified atom stereocenters. The molecule has 0 saturated heterocycles. The fourth-order valence-electron chi connectivity index (χ4n) is 3.71. The van der Waals surface area contributed by atoms with Gasteiger partial charge >= 0.3 is 5.97 Å². The molecule has 0 saturated carbocycles. The standard InChI is InChI=1S/C25H15Cl2FN4O2.CH4/c26-19-9-17-18(10-20(19)27)23(16-3-1-2-4-21(16)28)29-11-14-12-30-25(32-22(14)17)31-15-7-5-13(6-8-15)24(33)34;/h1-10,12H,11H2,(H,33,34)(H,30,31,32);1H4. The second-order valence-corrected chi connectivity index (χ2v) is 8.35. The normalized spacial score (nSPS) is 11.9. The topological polar surface area (TPSA) is 87.5 Å². The molecule has 1 aromatic heterocycles. The number of carbonyl (C=O) groups is 1. The smallest absolute Gasteiger partial charge is 0.335 e. The Morgan fingerprint density at radius 3 is 2.34 bits per heavy atom. The fraction of sp³-hybridized carbons (Fsp3) is 0.0769. The van der Waals surface area contributed by atoms with Crippen LogP contribution in [0.2, 0.25) is 10.0 Å². The lowest BCUT2D eigenvalue weighted by Crippen LogP contribution is -2.07. The van der Waals surface area contributed by atoms with E-state index in [4.69, 9.17) is 28.3 Å². The minimum absolute atomic E-state index is 0. The van der Waals surface area contributed by atoms with Crippen molar-refractivity contribution in [3.8, 4) is 11.3 Å². The van der Waals surface area contributed by atoms with E-state index in [9.17, 15) is 9.18 Å². The lowest BCUT2D eigenvalue weighted by Gasteiger charge is -2.14. The maximum Gasteiger partial charge on any atom is 0.335 e. The predicted molar refractivity (Wildman–Crippen MR) is 137 cm³/mol. The molecule has 2 heterocycles. The summed E-state index contributed by atoms with van der Waals surface area (Å²) in [5.41, 5.74) is 4.16. The molecule has 2 N–H and O–H groups in total. The zero-order chi connectivity index (χ0) is 23.8. The lowest BCUT2D eigenvalue weighted by molar-refractivity contribution is 0.0697. The summed E-state index contributed by atoms with van der Waals surface area (Å²) in [4.78, 5) is 24.8. The molecule has 0 fully saturated rings. The third kappa shape index (κ3) is 4.73. The minimum Gasteiger partial charge on any atom is -0.478 e. The van der Waals surface area contributed by atoms with E-state index in [0.29, 0.717) is 49.8 Å². The molecule has 6 nitrogen and oxygen atoms in total. The Balaban J connectivity index is 0.00000289. The van der Waals surface area contributed by atoms with Gasteiger partial charge in [-0.2, -0.15) is 0 Å². The van der Waals surface area contributed by atoms with Gasteiger partial charge in [-0.15, -0.1) is 0 Å². The van der Waals surface area contributed by atoms with Crippen molar-refractivity contribution < 1.29 is 14.3 Å². The van der Waals surface area contributed by atoms with Crippen LogP contribution in [-0.2, 0) is 6.54 Å². The van der Waals surface area contributed by atoms with Crippen molar-refractivity contribution in [2.24, 2.45) is 4.99 Å². The zero-order valence-electron chi connectivity index (χ0n) is 17.4. The molecule has 1 aliphatic rings. The average molecular weight is 509 g/mol. The Bertz CT molecular complexity index is 1470. The van der Waals surface area contributed by atoms with Crippen LogP contribution in [0.15, 0.2) is 71.9 Å². The van der Waals surface area contributed by atoms with Crippen molar-refractivity contribution in [1.82, 2.24) is 9.97 Å². The van der Waals surface area contributed by atoms with Crippen molar-refractivity contribution in [2.45, 2.75) is 14.0 Å². The first-order chi connectivity index (χ1) is 16.4. The van der Waals surface area contributed by atoms with Gasteiger partial charge in [0.25, 0.3) is 0 Å². The van der Waals surface area contributed by atoms with E-state index in [-0.39, 0.29) is 19.5 Å². The number of hydrogen-bond acceptors (Lipinski definition) is 5. The maximum absolute atomic E-state index is 14.7. The Morgan fingerprint density at radius 2 is 1.66 bits per heavy atom. The van der Waals surface area contributed by atoms with E-state index >= 15 is 0 Å². The van der Waals surface area contributed by atoms with Crippen molar-refractivity contribution in [3.63, 3.8) is 0 Å². The largest absolute Gasteiger partial charge is 0.478 e. The summed E-state index contributed by atoms with van der Waals surface area (Å²) in [5, 5.41) is 12.8. The number of carboxylic acids is 1. The molecule has 0 spiro atoms. The SMILES string of the molecule is C.O=C(O)c1ccc(Nc2ncc3c(n2)-c2cc(Cl)c(Cl)cc2C(c2ccccc2F)=NC3)cc1. The number of nitrogens with one attached hydrogen (secondary N) is 1. The van der Waals surface area contributed by atoms with Gasteiger partial charge in [-0.3, -0.25) is 4.99 Å². The molecular weight excluding hydrogens is 490 g/mol. The summed E-state index contributed by atoms with van der Waals surface area (Å²) in [7, 11) is 0. The van der Waals surface area contributed by atoms with Crippen molar-refractivity contribution in [3.05, 3.63) is 105 Å². The van der Waals surface area contributed by atoms with Crippen LogP contribution < -0.4 is 5.32 Å². The number of aromatic nitrogens is 2. The molecule has 35 heavy (non-hydrogen) atoms. The van der Waals surface area contributed by atoms with Gasteiger partial charge in [0.1, 0.15) is 5.82 Å². The number of nitrogens with zero attached hydrogens (tertiary/aromatic N) is 3. The van der Waals surface area contributed by atoms with Gasteiger partial charge < -0.3 is 10.4 Å². The monoisotopic (exact) mass is 508 g/mol. The summed E-state index contributed by atoms with van der Waals surface area (Å²) >= 11 is 12.7. The van der Waals surface area contributed by atoms with Gasteiger partial charge in [-0.25, -0.2) is 19.2 Å². The average Bonchev–Trinajstić information content (AvgIpc) is 2.97. The van der Waals surface area contributed by atoms with Crippen molar-refractivity contribution >= 4 is 46.5 Å². The fourth-order valence-corrected chi connectivity index (χ4v) is 4.04. The van der Waals surface area contributed by atoms with Crippen LogP contribution in [0.25, 0.3) is 11.3 Å². The Hall–Kier alpha value is -3.81. The molecule has 3 aromatic carbocycles. The molecule has 9 heteroatoms. The van der Waals surface area contributed by atoms with Gasteiger partial charge in [-0.05, 0) is 48.5 Å². The molecule has 0 radical (unpaired) electrons. The highest BCUT2D eigenvalue weighted by Crippen LogP contribution is 2.37. The van der Waals surface area contributed by atoms with E-state index in [1.54, 1.807) is 48.7 Å². The van der Waals surface area contributed by atoms with Gasteiger partial charge in [0.05, 0.1) is 33.6 Å². The predicted octanol–water partition coefficient (Wildman–Crippen LogP) is 7.02. The second-order valence-electron chi connectivity index (χ2n) is 7.53. The first-order valence-corrected chi connectivity index (χ1v) is 10.9. The molecule has 0 atom stereocenters. The quantitative estimate of drug-likeness (QED) is 0.309. The number of aromatic carboxylic acids is 1. The summed E-state index contributed by atoms with van der Waals surface area (Å²) in [6, 6.07) is 16.0. The second kappa shape index (κ2) is 9.82. The van der Waals surface area contributed by atoms with E-state index in [2.05, 4.69) is 20.3 Å². The number of carboxylic acid groups (broad SMARTS) is 1. The summed E-state index contributed by atoms with van der Waals surface area (Å²) in [5.74, 6) is -1.11. The van der Waals surface area contributed by atoms with E-state index in [1.165, 1.54) is 18.2 Å². The van der Waals surface area contributed by atoms with Crippen molar-refractivity contribution in [2.75, 3.05) is 5.32 Å². The van der Waals surface area contributed by atoms with E-state index < -0.39 is 11.8 Å². The van der Waals surface area contributed by atoms with Gasteiger partial charge in [0.15, 0.2) is 0 Å². The number of benzene rings is 3. The van der Waals surface area contributed by atoms with Gasteiger partial charge in [0.2, 0.25) is 5.95 Å². The molecule has 0 bridgehead atoms. The zero-order valence-corrected chi connectivity index (χ0v) is 18.9. The van der Waals surface area contributed by atoms with Crippen LogP contribution in [0.4, 0.5) is 16.0 Å². The number of halogens is 3.